The highest BCUT2D eigenvalue weighted by Crippen LogP contribution is 2.36. The van der Waals surface area contributed by atoms with E-state index in [1.807, 2.05) is 13.8 Å². The number of thiazole rings is 1. The number of fused-ring (bicyclic) bond motifs is 1. The molecule has 12 heteroatoms. The standard InChI is InChI=1S/C31H34N2O9S/c1-7-39-24-13-19(9-11-21(24)41-16-26(34)35)14-25-29(36)33-28(20-10-12-22(42-17(3)4)23(15-20)38-6)27(30(37)40-8-2)18(5)32-31(33)43-25/h9-15,17,28H,7-8,16H2,1-6H3,(H,34,35). The molecule has 3 aromatic rings. The van der Waals surface area contributed by atoms with Crippen molar-refractivity contribution in [3.63, 3.8) is 0 Å². The number of carbonyl (C=O) groups is 2. The van der Waals surface area contributed by atoms with Crippen LogP contribution in [-0.2, 0) is 14.3 Å². The number of allylic oxidation sites excluding steroid dienone is 1. The van der Waals surface area contributed by atoms with Crippen LogP contribution >= 0.6 is 11.3 Å². The first-order valence-electron chi connectivity index (χ1n) is 13.7. The largest absolute Gasteiger partial charge is 0.493 e. The minimum absolute atomic E-state index is 0.0873. The van der Waals surface area contributed by atoms with E-state index >= 15 is 0 Å². The number of aliphatic carboxylic acids is 1. The maximum Gasteiger partial charge on any atom is 0.341 e. The summed E-state index contributed by atoms with van der Waals surface area (Å²) in [7, 11) is 1.53. The van der Waals surface area contributed by atoms with Gasteiger partial charge in [-0.25, -0.2) is 14.6 Å². The molecule has 43 heavy (non-hydrogen) atoms. The van der Waals surface area contributed by atoms with Crippen LogP contribution in [-0.4, -0.2) is 54.6 Å². The molecule has 1 unspecified atom stereocenters. The van der Waals surface area contributed by atoms with Crippen LogP contribution in [0, 0.1) is 0 Å². The molecule has 0 amide bonds. The van der Waals surface area contributed by atoms with Gasteiger partial charge in [0, 0.05) is 0 Å². The van der Waals surface area contributed by atoms with E-state index in [2.05, 4.69) is 4.99 Å². The smallest absolute Gasteiger partial charge is 0.341 e. The number of aromatic nitrogens is 1. The maximum atomic E-state index is 14.0. The van der Waals surface area contributed by atoms with Crippen LogP contribution in [0.1, 0.15) is 51.8 Å². The highest BCUT2D eigenvalue weighted by atomic mass is 32.1. The van der Waals surface area contributed by atoms with Gasteiger partial charge in [0.1, 0.15) is 0 Å². The van der Waals surface area contributed by atoms with Crippen LogP contribution < -0.4 is 33.8 Å². The molecule has 0 fully saturated rings. The van der Waals surface area contributed by atoms with Gasteiger partial charge in [-0.3, -0.25) is 9.36 Å². The Bertz CT molecular complexity index is 1740. The fourth-order valence-corrected chi connectivity index (χ4v) is 5.65. The number of hydrogen-bond acceptors (Lipinski definition) is 10. The van der Waals surface area contributed by atoms with Crippen molar-refractivity contribution in [3.8, 4) is 23.0 Å². The Balaban J connectivity index is 1.88. The Kier molecular flexibility index (Phi) is 9.92. The van der Waals surface area contributed by atoms with Crippen molar-refractivity contribution >= 4 is 29.4 Å². The number of esters is 1. The molecular weight excluding hydrogens is 576 g/mol. The van der Waals surface area contributed by atoms with Crippen molar-refractivity contribution in [2.24, 2.45) is 4.99 Å². The predicted octanol–water partition coefficient (Wildman–Crippen LogP) is 3.46. The first kappa shape index (κ1) is 31.4. The Hall–Kier alpha value is -4.58. The van der Waals surface area contributed by atoms with E-state index in [4.69, 9.17) is 28.8 Å². The van der Waals surface area contributed by atoms with Crippen LogP contribution in [0.15, 0.2) is 57.5 Å². The minimum Gasteiger partial charge on any atom is -0.493 e. The number of ether oxygens (including phenoxy) is 5. The van der Waals surface area contributed by atoms with E-state index in [0.717, 1.165) is 0 Å². The Morgan fingerprint density at radius 2 is 1.79 bits per heavy atom. The van der Waals surface area contributed by atoms with Crippen LogP contribution in [0.4, 0.5) is 0 Å². The topological polar surface area (TPSA) is 135 Å². The second-order valence-corrected chi connectivity index (χ2v) is 10.7. The van der Waals surface area contributed by atoms with Crippen molar-refractivity contribution in [3.05, 3.63) is 78.5 Å². The molecule has 4 rings (SSSR count). The zero-order valence-corrected chi connectivity index (χ0v) is 25.6. The van der Waals surface area contributed by atoms with E-state index in [-0.39, 0.29) is 29.6 Å². The first-order chi connectivity index (χ1) is 20.6. The summed E-state index contributed by atoms with van der Waals surface area (Å²) in [5, 5.41) is 8.98. The summed E-state index contributed by atoms with van der Waals surface area (Å²) in [6, 6.07) is 9.44. The van der Waals surface area contributed by atoms with Gasteiger partial charge in [-0.15, -0.1) is 0 Å². The van der Waals surface area contributed by atoms with Crippen molar-refractivity contribution < 1.29 is 38.4 Å². The zero-order chi connectivity index (χ0) is 31.3. The second kappa shape index (κ2) is 13.6. The van der Waals surface area contributed by atoms with Gasteiger partial charge in [-0.2, -0.15) is 0 Å². The summed E-state index contributed by atoms with van der Waals surface area (Å²) in [6.45, 7) is 9.01. The van der Waals surface area contributed by atoms with Crippen molar-refractivity contribution in [2.75, 3.05) is 26.9 Å². The minimum atomic E-state index is -1.11. The molecule has 2 aromatic carbocycles. The molecule has 11 nitrogen and oxygen atoms in total. The van der Waals surface area contributed by atoms with Crippen LogP contribution in [0.5, 0.6) is 23.0 Å². The maximum absolute atomic E-state index is 14.0. The quantitative estimate of drug-likeness (QED) is 0.306. The van der Waals surface area contributed by atoms with Crippen LogP contribution in [0.2, 0.25) is 0 Å². The number of carboxylic acid groups (broad SMARTS) is 1. The summed E-state index contributed by atoms with van der Waals surface area (Å²) in [5.74, 6) is -0.0641. The lowest BCUT2D eigenvalue weighted by atomic mass is 9.95. The Labute approximate surface area is 252 Å². The van der Waals surface area contributed by atoms with Gasteiger partial charge in [0.25, 0.3) is 5.56 Å². The number of hydrogen-bond donors (Lipinski definition) is 1. The summed E-state index contributed by atoms with van der Waals surface area (Å²) >= 11 is 1.18. The third kappa shape index (κ3) is 6.91. The van der Waals surface area contributed by atoms with E-state index in [0.29, 0.717) is 50.0 Å². The molecule has 1 aliphatic heterocycles. The molecule has 2 heterocycles. The number of carbonyl (C=O) groups excluding carboxylic acids is 1. The predicted molar refractivity (Wildman–Crippen MR) is 160 cm³/mol. The van der Waals surface area contributed by atoms with E-state index in [1.165, 1.54) is 23.0 Å². The van der Waals surface area contributed by atoms with Gasteiger partial charge in [-0.1, -0.05) is 23.5 Å². The number of methoxy groups -OCH3 is 1. The normalized spacial score (nSPS) is 14.7. The number of nitrogens with zero attached hydrogens (tertiary/aromatic N) is 2. The van der Waals surface area contributed by atoms with Gasteiger partial charge in [-0.05, 0) is 76.1 Å². The van der Waals surface area contributed by atoms with E-state index in [9.17, 15) is 14.4 Å². The van der Waals surface area contributed by atoms with Crippen LogP contribution in [0.25, 0.3) is 6.08 Å². The number of rotatable bonds is 12. The SMILES string of the molecule is CCOC(=O)C1=C(C)N=c2sc(=Cc3ccc(OCC(=O)O)c(OCC)c3)c(=O)n2C1c1ccc(OC(C)C)c(OC)c1. The third-order valence-electron chi connectivity index (χ3n) is 6.30. The molecule has 0 bridgehead atoms. The molecule has 1 aliphatic rings. The molecule has 0 saturated heterocycles. The second-order valence-electron chi connectivity index (χ2n) is 9.70. The van der Waals surface area contributed by atoms with Gasteiger partial charge >= 0.3 is 11.9 Å². The Morgan fingerprint density at radius 1 is 1.05 bits per heavy atom. The highest BCUT2D eigenvalue weighted by Gasteiger charge is 2.34. The van der Waals surface area contributed by atoms with Gasteiger partial charge in [0.15, 0.2) is 34.4 Å². The molecule has 0 radical (unpaired) electrons. The van der Waals surface area contributed by atoms with Crippen LogP contribution in [0.3, 0.4) is 0 Å². The summed E-state index contributed by atoms with van der Waals surface area (Å²) in [4.78, 5) is 43.2. The van der Waals surface area contributed by atoms with Gasteiger partial charge < -0.3 is 28.8 Å². The lowest BCUT2D eigenvalue weighted by molar-refractivity contribution is -0.140. The monoisotopic (exact) mass is 610 g/mol. The molecule has 0 spiro atoms. The molecule has 1 atom stereocenters. The first-order valence-corrected chi connectivity index (χ1v) is 14.5. The van der Waals surface area contributed by atoms with Gasteiger partial charge in [0.2, 0.25) is 0 Å². The average Bonchev–Trinajstić information content (AvgIpc) is 3.25. The molecule has 1 N–H and O–H groups in total. The summed E-state index contributed by atoms with van der Waals surface area (Å²) < 4.78 is 29.7. The van der Waals surface area contributed by atoms with Crippen molar-refractivity contribution in [1.82, 2.24) is 4.57 Å². The van der Waals surface area contributed by atoms with Crippen molar-refractivity contribution in [1.29, 1.82) is 0 Å². The van der Waals surface area contributed by atoms with E-state index < -0.39 is 24.6 Å². The summed E-state index contributed by atoms with van der Waals surface area (Å²) in [6.07, 6.45) is 1.60. The average molecular weight is 611 g/mol. The van der Waals surface area contributed by atoms with E-state index in [1.54, 1.807) is 63.2 Å². The Morgan fingerprint density at radius 3 is 2.44 bits per heavy atom. The zero-order valence-electron chi connectivity index (χ0n) is 24.8. The highest BCUT2D eigenvalue weighted by molar-refractivity contribution is 7.07. The molecular formula is C31H34N2O9S. The number of benzene rings is 2. The lowest BCUT2D eigenvalue weighted by Gasteiger charge is -2.25. The molecule has 1 aromatic heterocycles. The van der Waals surface area contributed by atoms with Crippen molar-refractivity contribution in [2.45, 2.75) is 46.8 Å². The fourth-order valence-electron chi connectivity index (χ4n) is 4.61. The molecule has 0 aliphatic carbocycles. The summed E-state index contributed by atoms with van der Waals surface area (Å²) in [5.41, 5.74) is 1.59. The fraction of sp³-hybridized carbons (Fsp3) is 0.355. The third-order valence-corrected chi connectivity index (χ3v) is 7.28. The molecule has 228 valence electrons. The van der Waals surface area contributed by atoms with Gasteiger partial charge in [0.05, 0.1) is 48.3 Å². The number of carboxylic acids is 1. The molecule has 0 saturated carbocycles. The lowest BCUT2D eigenvalue weighted by Crippen LogP contribution is -2.40.